The lowest BCUT2D eigenvalue weighted by molar-refractivity contribution is 0.812. The standard InChI is InChI=1S/C9H13N3/c1-7(2)8-4-3-5-9(12-8)11-6-10/h3-7H,1-2H3,(H2,10,11,12). The quantitative estimate of drug-likeness (QED) is 0.492. The molecule has 1 aromatic heterocycles. The largest absolute Gasteiger partial charge is 0.343 e. The molecule has 0 bridgehead atoms. The number of hydrogen-bond acceptors (Lipinski definition) is 1. The zero-order valence-corrected chi connectivity index (χ0v) is 7.33. The maximum atomic E-state index is 6.81. The second-order valence-corrected chi connectivity index (χ2v) is 2.90. The Morgan fingerprint density at radius 2 is 2.25 bits per heavy atom. The van der Waals surface area contributed by atoms with Gasteiger partial charge in [-0.2, -0.15) is 0 Å². The molecule has 0 spiro atoms. The molecule has 0 atom stereocenters. The zero-order valence-electron chi connectivity index (χ0n) is 7.33. The molecule has 1 aromatic rings. The molecule has 64 valence electrons. The Bertz CT molecular complexity index is 323. The first-order valence-electron chi connectivity index (χ1n) is 3.96. The molecule has 0 saturated heterocycles. The van der Waals surface area contributed by atoms with Gasteiger partial charge in [0.05, 0.1) is 0 Å². The van der Waals surface area contributed by atoms with Crippen molar-refractivity contribution in [3.8, 4) is 0 Å². The zero-order chi connectivity index (χ0) is 8.97. The molecule has 1 heterocycles. The minimum absolute atomic E-state index is 0.464. The first-order valence-corrected chi connectivity index (χ1v) is 3.96. The molecule has 0 aliphatic rings. The number of rotatable bonds is 2. The van der Waals surface area contributed by atoms with E-state index in [1.54, 1.807) is 0 Å². The van der Waals surface area contributed by atoms with Crippen molar-refractivity contribution in [3.63, 3.8) is 0 Å². The Kier molecular flexibility index (Phi) is 2.80. The molecule has 0 aliphatic heterocycles. The van der Waals surface area contributed by atoms with Crippen LogP contribution in [0.3, 0.4) is 0 Å². The lowest BCUT2D eigenvalue weighted by Gasteiger charge is -2.03. The molecule has 3 heteroatoms. The summed E-state index contributed by atoms with van der Waals surface area (Å²) in [6.45, 7) is 4.22. The minimum Gasteiger partial charge on any atom is -0.343 e. The minimum atomic E-state index is 0.464. The molecule has 0 saturated carbocycles. The van der Waals surface area contributed by atoms with Gasteiger partial charge in [0, 0.05) is 5.69 Å². The van der Waals surface area contributed by atoms with Gasteiger partial charge < -0.3 is 4.98 Å². The summed E-state index contributed by atoms with van der Waals surface area (Å²) >= 11 is 0. The highest BCUT2D eigenvalue weighted by Crippen LogP contribution is 2.07. The summed E-state index contributed by atoms with van der Waals surface area (Å²) in [5.74, 6) is 0.464. The molecule has 2 N–H and O–H groups in total. The van der Waals surface area contributed by atoms with Crippen molar-refractivity contribution >= 4 is 6.34 Å². The molecule has 0 fully saturated rings. The topological polar surface area (TPSA) is 52.0 Å². The molecule has 1 rings (SSSR count). The van der Waals surface area contributed by atoms with Gasteiger partial charge in [0.2, 0.25) is 0 Å². The molecule has 12 heavy (non-hydrogen) atoms. The summed E-state index contributed by atoms with van der Waals surface area (Å²) in [4.78, 5) is 6.96. The molecule has 0 radical (unpaired) electrons. The Labute approximate surface area is 71.7 Å². The van der Waals surface area contributed by atoms with Crippen LogP contribution in [0.5, 0.6) is 0 Å². The Hall–Kier alpha value is -1.38. The van der Waals surface area contributed by atoms with Crippen LogP contribution in [0.15, 0.2) is 23.2 Å². The summed E-state index contributed by atoms with van der Waals surface area (Å²) < 4.78 is 0. The predicted octanol–water partition coefficient (Wildman–Crippen LogP) is 1.65. The van der Waals surface area contributed by atoms with Crippen LogP contribution in [0.25, 0.3) is 0 Å². The van der Waals surface area contributed by atoms with Gasteiger partial charge in [-0.3, -0.25) is 5.41 Å². The third-order valence-corrected chi connectivity index (χ3v) is 1.63. The SMILES string of the molecule is CC(C)c1ccc/c(=N/C=N)[nH]1. The lowest BCUT2D eigenvalue weighted by atomic mass is 10.1. The van der Waals surface area contributed by atoms with Gasteiger partial charge in [-0.15, -0.1) is 0 Å². The van der Waals surface area contributed by atoms with Gasteiger partial charge >= 0.3 is 0 Å². The summed E-state index contributed by atoms with van der Waals surface area (Å²) in [7, 11) is 0. The van der Waals surface area contributed by atoms with Crippen LogP contribution in [-0.2, 0) is 0 Å². The van der Waals surface area contributed by atoms with Crippen LogP contribution in [0.2, 0.25) is 0 Å². The molecule has 3 nitrogen and oxygen atoms in total. The van der Waals surface area contributed by atoms with E-state index in [0.29, 0.717) is 5.92 Å². The normalized spacial score (nSPS) is 12.1. The third kappa shape index (κ3) is 2.05. The summed E-state index contributed by atoms with van der Waals surface area (Å²) in [5.41, 5.74) is 1.87. The second kappa shape index (κ2) is 3.85. The van der Waals surface area contributed by atoms with Crippen LogP contribution < -0.4 is 5.49 Å². The number of hydrogen-bond donors (Lipinski definition) is 2. The van der Waals surface area contributed by atoms with E-state index in [4.69, 9.17) is 5.41 Å². The Morgan fingerprint density at radius 3 is 2.83 bits per heavy atom. The number of nitrogens with zero attached hydrogens (tertiary/aromatic N) is 1. The van der Waals surface area contributed by atoms with Crippen LogP contribution >= 0.6 is 0 Å². The molecular formula is C9H13N3. The Balaban J connectivity index is 3.12. The molecule has 0 unspecified atom stereocenters. The smallest absolute Gasteiger partial charge is 0.131 e. The fourth-order valence-electron chi connectivity index (χ4n) is 0.956. The highest BCUT2D eigenvalue weighted by molar-refractivity contribution is 5.50. The van der Waals surface area contributed by atoms with Gasteiger partial charge in [-0.05, 0) is 18.1 Å². The average Bonchev–Trinajstić information content (AvgIpc) is 2.05. The third-order valence-electron chi connectivity index (χ3n) is 1.63. The first kappa shape index (κ1) is 8.71. The van der Waals surface area contributed by atoms with Crippen LogP contribution in [0, 0.1) is 5.41 Å². The lowest BCUT2D eigenvalue weighted by Crippen LogP contribution is -2.09. The van der Waals surface area contributed by atoms with Gasteiger partial charge in [0.1, 0.15) is 11.8 Å². The van der Waals surface area contributed by atoms with E-state index in [2.05, 4.69) is 23.8 Å². The number of aromatic nitrogens is 1. The van der Waals surface area contributed by atoms with Crippen molar-refractivity contribution in [1.82, 2.24) is 4.98 Å². The van der Waals surface area contributed by atoms with Gasteiger partial charge in [-0.25, -0.2) is 4.99 Å². The average molecular weight is 163 g/mol. The Morgan fingerprint density at radius 1 is 1.50 bits per heavy atom. The monoisotopic (exact) mass is 163 g/mol. The van der Waals surface area contributed by atoms with E-state index in [-0.39, 0.29) is 0 Å². The number of aromatic amines is 1. The highest BCUT2D eigenvalue weighted by Gasteiger charge is 1.96. The second-order valence-electron chi connectivity index (χ2n) is 2.90. The van der Waals surface area contributed by atoms with E-state index in [1.807, 2.05) is 18.2 Å². The maximum absolute atomic E-state index is 6.81. The van der Waals surface area contributed by atoms with Crippen LogP contribution in [-0.4, -0.2) is 11.3 Å². The fraction of sp³-hybridized carbons (Fsp3) is 0.333. The van der Waals surface area contributed by atoms with Gasteiger partial charge in [0.25, 0.3) is 0 Å². The first-order chi connectivity index (χ1) is 5.74. The predicted molar refractivity (Wildman–Crippen MR) is 49.2 cm³/mol. The van der Waals surface area contributed by atoms with E-state index in [0.717, 1.165) is 17.5 Å². The van der Waals surface area contributed by atoms with Crippen LogP contribution in [0.4, 0.5) is 0 Å². The van der Waals surface area contributed by atoms with Gasteiger partial charge in [0.15, 0.2) is 0 Å². The molecule has 0 aromatic carbocycles. The molecular weight excluding hydrogens is 150 g/mol. The van der Waals surface area contributed by atoms with Gasteiger partial charge in [-0.1, -0.05) is 19.9 Å². The summed E-state index contributed by atoms with van der Waals surface area (Å²) in [6.07, 6.45) is 1.04. The van der Waals surface area contributed by atoms with Crippen molar-refractivity contribution in [3.05, 3.63) is 29.4 Å². The highest BCUT2D eigenvalue weighted by atomic mass is 14.9. The maximum Gasteiger partial charge on any atom is 0.131 e. The van der Waals surface area contributed by atoms with Crippen molar-refractivity contribution in [2.24, 2.45) is 4.99 Å². The number of H-pyrrole nitrogens is 1. The van der Waals surface area contributed by atoms with Crippen molar-refractivity contribution in [2.45, 2.75) is 19.8 Å². The number of nitrogens with one attached hydrogen (secondary N) is 2. The van der Waals surface area contributed by atoms with Crippen LogP contribution in [0.1, 0.15) is 25.5 Å². The number of pyridine rings is 1. The molecule has 0 aliphatic carbocycles. The summed E-state index contributed by atoms with van der Waals surface area (Å²) in [6, 6.07) is 5.80. The van der Waals surface area contributed by atoms with E-state index in [1.165, 1.54) is 0 Å². The van der Waals surface area contributed by atoms with Crippen molar-refractivity contribution in [2.75, 3.05) is 0 Å². The van der Waals surface area contributed by atoms with Crippen molar-refractivity contribution < 1.29 is 0 Å². The van der Waals surface area contributed by atoms with Crippen molar-refractivity contribution in [1.29, 1.82) is 5.41 Å². The summed E-state index contributed by atoms with van der Waals surface area (Å²) in [5, 5.41) is 6.81. The molecule has 0 amide bonds. The fourth-order valence-corrected chi connectivity index (χ4v) is 0.956. The van der Waals surface area contributed by atoms with E-state index in [9.17, 15) is 0 Å². The van der Waals surface area contributed by atoms with E-state index < -0.39 is 0 Å². The van der Waals surface area contributed by atoms with E-state index >= 15 is 0 Å².